The number of nitrogens with zero attached hydrogens (tertiary/aromatic N) is 1. The van der Waals surface area contributed by atoms with Gasteiger partial charge in [0.15, 0.2) is 0 Å². The average Bonchev–Trinajstić information content (AvgIpc) is 2.26. The van der Waals surface area contributed by atoms with E-state index in [0.29, 0.717) is 0 Å². The van der Waals surface area contributed by atoms with Crippen LogP contribution in [0.1, 0.15) is 15.8 Å². The lowest BCUT2D eigenvalue weighted by molar-refractivity contribution is 0.0601. The molecule has 13 heavy (non-hydrogen) atoms. The highest BCUT2D eigenvalue weighted by atomic mass is 16.5. The first kappa shape index (κ1) is 5.27. The molecule has 0 aromatic heterocycles. The van der Waals surface area contributed by atoms with Crippen LogP contribution in [0.5, 0.6) is 0 Å². The van der Waals surface area contributed by atoms with Crippen molar-refractivity contribution in [2.75, 3.05) is 26.1 Å². The molecule has 0 spiro atoms. The number of carbonyl (C=O) groups is 1. The van der Waals surface area contributed by atoms with Crippen LogP contribution in [0.4, 0.5) is 5.69 Å². The number of anilines is 1. The maximum Gasteiger partial charge on any atom is 0.337 e. The van der Waals surface area contributed by atoms with E-state index < -0.39 is 5.97 Å². The zero-order chi connectivity index (χ0) is 13.3. The molecule has 0 unspecified atom stereocenters. The zero-order valence-electron chi connectivity index (χ0n) is 11.8. The minimum Gasteiger partial charge on any atom is -0.465 e. The summed E-state index contributed by atoms with van der Waals surface area (Å²) in [5.41, 5.74) is -0.194. The van der Waals surface area contributed by atoms with Crippen LogP contribution >= 0.6 is 0 Å². The molecular weight excluding hydrogens is 166 g/mol. The summed E-state index contributed by atoms with van der Waals surface area (Å²) in [5, 5.41) is 0. The Balaban J connectivity index is 3.64. The van der Waals surface area contributed by atoms with Crippen molar-refractivity contribution in [1.29, 1.82) is 0 Å². The van der Waals surface area contributed by atoms with Crippen molar-refractivity contribution in [2.24, 2.45) is 0 Å². The first-order chi connectivity index (χ1) is 7.82. The lowest BCUT2D eigenvalue weighted by Crippen LogP contribution is -2.09. The molecule has 3 nitrogen and oxygen atoms in total. The van der Waals surface area contributed by atoms with E-state index in [-0.39, 0.29) is 35.4 Å². The smallest absolute Gasteiger partial charge is 0.337 e. The quantitative estimate of drug-likeness (QED) is 0.651. The van der Waals surface area contributed by atoms with Gasteiger partial charge in [0.25, 0.3) is 0 Å². The van der Waals surface area contributed by atoms with Gasteiger partial charge in [-0.3, -0.25) is 0 Å². The highest BCUT2D eigenvalue weighted by molar-refractivity contribution is 5.89. The molecule has 0 radical (unpaired) electrons. The van der Waals surface area contributed by atoms with Crippen LogP contribution < -0.4 is 4.90 Å². The average molecular weight is 183 g/mol. The largest absolute Gasteiger partial charge is 0.465 e. The molecule has 1 aromatic carbocycles. The third-order valence-corrected chi connectivity index (χ3v) is 1.45. The Morgan fingerprint density at radius 1 is 1.38 bits per heavy atom. The van der Waals surface area contributed by atoms with Gasteiger partial charge in [0, 0.05) is 19.8 Å². The summed E-state index contributed by atoms with van der Waals surface area (Å²) in [6.07, 6.45) is 0. The van der Waals surface area contributed by atoms with E-state index in [0.717, 1.165) is 7.11 Å². The number of methoxy groups -OCH3 is 1. The van der Waals surface area contributed by atoms with Crippen LogP contribution in [0.2, 0.25) is 0 Å². The highest BCUT2D eigenvalue weighted by Crippen LogP contribution is 2.12. The molecule has 0 aliphatic heterocycles. The monoisotopic (exact) mass is 183 g/mol. The van der Waals surface area contributed by atoms with E-state index in [9.17, 15) is 4.79 Å². The minimum absolute atomic E-state index is 0.146. The fourth-order valence-corrected chi connectivity index (χ4v) is 0.734. The standard InChI is InChI=1S/C10H13NO2/c1-11(2)9-6-4-8(5-7-9)10(12)13-3/h4-7H,1-3H3/i4D,5D,6D,7D. The summed E-state index contributed by atoms with van der Waals surface area (Å²) in [5.74, 6) is -0.868. The van der Waals surface area contributed by atoms with Crippen LogP contribution in [0.25, 0.3) is 0 Å². The molecule has 0 amide bonds. The molecule has 3 heteroatoms. The number of rotatable bonds is 2. The summed E-state index contributed by atoms with van der Waals surface area (Å²) < 4.78 is 35.3. The van der Waals surface area contributed by atoms with Crippen LogP contribution in [0.15, 0.2) is 24.2 Å². The van der Waals surface area contributed by atoms with Crippen molar-refractivity contribution in [3.63, 3.8) is 0 Å². The Morgan fingerprint density at radius 3 is 2.31 bits per heavy atom. The highest BCUT2D eigenvalue weighted by Gasteiger charge is 2.04. The van der Waals surface area contributed by atoms with Crippen LogP contribution in [0.3, 0.4) is 0 Å². The number of carbonyl (C=O) groups excluding carboxylic acids is 1. The Kier molecular flexibility index (Phi) is 1.60. The third-order valence-electron chi connectivity index (χ3n) is 1.45. The summed E-state index contributed by atoms with van der Waals surface area (Å²) >= 11 is 0. The first-order valence-electron chi connectivity index (χ1n) is 5.68. The van der Waals surface area contributed by atoms with E-state index in [1.165, 1.54) is 4.90 Å². The van der Waals surface area contributed by atoms with Crippen LogP contribution in [0, 0.1) is 0 Å². The lowest BCUT2D eigenvalue weighted by atomic mass is 10.2. The van der Waals surface area contributed by atoms with Crippen molar-refractivity contribution in [2.45, 2.75) is 0 Å². The van der Waals surface area contributed by atoms with E-state index in [4.69, 9.17) is 5.48 Å². The Hall–Kier alpha value is -1.51. The van der Waals surface area contributed by atoms with Gasteiger partial charge in [-0.1, -0.05) is 0 Å². The van der Waals surface area contributed by atoms with Gasteiger partial charge in [-0.25, -0.2) is 4.79 Å². The van der Waals surface area contributed by atoms with Crippen molar-refractivity contribution in [1.82, 2.24) is 0 Å². The summed E-state index contributed by atoms with van der Waals surface area (Å²) in [4.78, 5) is 12.9. The van der Waals surface area contributed by atoms with Crippen molar-refractivity contribution < 1.29 is 15.0 Å². The van der Waals surface area contributed by atoms with Crippen molar-refractivity contribution in [3.05, 3.63) is 29.7 Å². The molecule has 1 aromatic rings. The second-order valence-corrected chi connectivity index (χ2v) is 2.61. The first-order valence-corrected chi connectivity index (χ1v) is 3.68. The molecular formula is C10H13NO2. The Labute approximate surface area is 83.5 Å². The van der Waals surface area contributed by atoms with Crippen LogP contribution in [-0.2, 0) is 4.74 Å². The predicted octanol–water partition coefficient (Wildman–Crippen LogP) is 1.54. The minimum atomic E-state index is -0.868. The Morgan fingerprint density at radius 2 is 1.92 bits per heavy atom. The summed E-state index contributed by atoms with van der Waals surface area (Å²) in [6, 6.07) is -1.28. The molecule has 0 aliphatic rings. The number of esters is 1. The van der Waals surface area contributed by atoms with Gasteiger partial charge in [0.1, 0.15) is 0 Å². The number of ether oxygens (including phenoxy) is 1. The van der Waals surface area contributed by atoms with E-state index in [1.807, 2.05) is 0 Å². The molecule has 0 saturated carbocycles. The van der Waals surface area contributed by atoms with E-state index >= 15 is 0 Å². The summed E-state index contributed by atoms with van der Waals surface area (Å²) in [6.45, 7) is 0. The SMILES string of the molecule is [2H]c1c([2H])c(N(C)C)c([2H])c([2H])c1C(=O)OC. The van der Waals surface area contributed by atoms with Gasteiger partial charge >= 0.3 is 5.97 Å². The molecule has 70 valence electrons. The third kappa shape index (κ3) is 2.21. The van der Waals surface area contributed by atoms with Gasteiger partial charge < -0.3 is 9.64 Å². The Bertz CT molecular complexity index is 445. The maximum atomic E-state index is 11.4. The maximum absolute atomic E-state index is 11.4. The van der Waals surface area contributed by atoms with Gasteiger partial charge in [0.05, 0.1) is 18.2 Å². The molecule has 0 atom stereocenters. The molecule has 0 fully saturated rings. The zero-order valence-corrected chi connectivity index (χ0v) is 7.76. The second-order valence-electron chi connectivity index (χ2n) is 2.61. The number of hydrogen-bond acceptors (Lipinski definition) is 3. The molecule has 0 saturated heterocycles. The van der Waals surface area contributed by atoms with Gasteiger partial charge in [-0.15, -0.1) is 0 Å². The van der Waals surface area contributed by atoms with Gasteiger partial charge in [-0.2, -0.15) is 0 Å². The molecule has 0 bridgehead atoms. The molecule has 0 heterocycles. The van der Waals surface area contributed by atoms with Crippen molar-refractivity contribution >= 4 is 11.7 Å². The van der Waals surface area contributed by atoms with Gasteiger partial charge in [0.2, 0.25) is 0 Å². The molecule has 0 N–H and O–H groups in total. The van der Waals surface area contributed by atoms with Crippen LogP contribution in [-0.4, -0.2) is 27.2 Å². The summed E-state index contributed by atoms with van der Waals surface area (Å²) in [7, 11) is 4.36. The lowest BCUT2D eigenvalue weighted by Gasteiger charge is -2.11. The van der Waals surface area contributed by atoms with E-state index in [2.05, 4.69) is 4.74 Å². The predicted molar refractivity (Wildman–Crippen MR) is 52.1 cm³/mol. The number of benzene rings is 1. The molecule has 0 aliphatic carbocycles. The molecule has 1 rings (SSSR count). The topological polar surface area (TPSA) is 29.5 Å². The fourth-order valence-electron chi connectivity index (χ4n) is 0.734. The van der Waals surface area contributed by atoms with Gasteiger partial charge in [-0.05, 0) is 24.2 Å². The second kappa shape index (κ2) is 3.94. The van der Waals surface area contributed by atoms with E-state index in [1.54, 1.807) is 14.1 Å². The normalized spacial score (nSPS) is 13.8. The fraction of sp³-hybridized carbons (Fsp3) is 0.300. The van der Waals surface area contributed by atoms with Crippen molar-refractivity contribution in [3.8, 4) is 0 Å². The number of hydrogen-bond donors (Lipinski definition) is 0.